The highest BCUT2D eigenvalue weighted by Crippen LogP contribution is 2.11. The molecule has 0 radical (unpaired) electrons. The van der Waals surface area contributed by atoms with Crippen molar-refractivity contribution in [1.29, 1.82) is 0 Å². The van der Waals surface area contributed by atoms with E-state index in [-0.39, 0.29) is 11.8 Å². The molecule has 2 aromatic carbocycles. The molecule has 2 aromatic rings. The molecule has 4 heteroatoms. The van der Waals surface area contributed by atoms with E-state index in [1.807, 2.05) is 30.3 Å². The van der Waals surface area contributed by atoms with Gasteiger partial charge in [-0.3, -0.25) is 4.90 Å². The minimum Gasteiger partial charge on any atom is -0.337 e. The van der Waals surface area contributed by atoms with Crippen LogP contribution in [0.15, 0.2) is 54.6 Å². The number of nitrogens with zero attached hydrogens (tertiary/aromatic N) is 1. The predicted molar refractivity (Wildman–Crippen MR) is 78.3 cm³/mol. The van der Waals surface area contributed by atoms with Gasteiger partial charge in [-0.15, -0.1) is 0 Å². The molecule has 0 spiro atoms. The van der Waals surface area contributed by atoms with Gasteiger partial charge in [0.15, 0.2) is 0 Å². The molecule has 20 heavy (non-hydrogen) atoms. The van der Waals surface area contributed by atoms with E-state index in [2.05, 4.69) is 5.32 Å². The predicted octanol–water partition coefficient (Wildman–Crippen LogP) is 3.21. The van der Waals surface area contributed by atoms with Crippen molar-refractivity contribution in [3.63, 3.8) is 0 Å². The Morgan fingerprint density at radius 1 is 1.10 bits per heavy atom. The van der Waals surface area contributed by atoms with E-state index in [1.165, 1.54) is 11.0 Å². The van der Waals surface area contributed by atoms with Gasteiger partial charge >= 0.3 is 6.03 Å². The van der Waals surface area contributed by atoms with Crippen LogP contribution in [0.3, 0.4) is 0 Å². The summed E-state index contributed by atoms with van der Waals surface area (Å²) in [6.07, 6.45) is 0.473. The van der Waals surface area contributed by atoms with E-state index in [0.29, 0.717) is 18.5 Å². The number of para-hydroxylation sites is 1. The fourth-order valence-corrected chi connectivity index (χ4v) is 1.89. The monoisotopic (exact) mass is 272 g/mol. The number of amides is 2. The highest BCUT2D eigenvalue weighted by molar-refractivity contribution is 5.91. The molecule has 0 atom stereocenters. The van der Waals surface area contributed by atoms with Gasteiger partial charge in [0.2, 0.25) is 0 Å². The number of rotatable bonds is 4. The lowest BCUT2D eigenvalue weighted by Gasteiger charge is -2.18. The van der Waals surface area contributed by atoms with Crippen molar-refractivity contribution in [2.24, 2.45) is 0 Å². The number of carbonyl (C=O) groups excluding carboxylic acids is 1. The van der Waals surface area contributed by atoms with Crippen LogP contribution in [0.5, 0.6) is 0 Å². The molecule has 0 saturated heterocycles. The van der Waals surface area contributed by atoms with E-state index in [9.17, 15) is 9.18 Å². The molecule has 0 heterocycles. The zero-order chi connectivity index (χ0) is 14.4. The molecule has 0 aliphatic heterocycles. The van der Waals surface area contributed by atoms with Crippen LogP contribution in [-0.4, -0.2) is 19.6 Å². The molecular formula is C16H17FN2O. The fourth-order valence-electron chi connectivity index (χ4n) is 1.89. The van der Waals surface area contributed by atoms with Crippen LogP contribution in [0.4, 0.5) is 14.9 Å². The van der Waals surface area contributed by atoms with Crippen LogP contribution >= 0.6 is 0 Å². The maximum atomic E-state index is 13.4. The second kappa shape index (κ2) is 6.70. The molecule has 0 aromatic heterocycles. The Kier molecular flexibility index (Phi) is 4.71. The number of halogens is 1. The summed E-state index contributed by atoms with van der Waals surface area (Å²) in [6.45, 7) is 0.400. The van der Waals surface area contributed by atoms with Crippen molar-refractivity contribution >= 4 is 11.7 Å². The van der Waals surface area contributed by atoms with E-state index >= 15 is 0 Å². The van der Waals surface area contributed by atoms with Gasteiger partial charge in [0.1, 0.15) is 5.82 Å². The molecule has 2 rings (SSSR count). The number of carbonyl (C=O) groups is 1. The normalized spacial score (nSPS) is 10.1. The molecule has 3 nitrogen and oxygen atoms in total. The van der Waals surface area contributed by atoms with Gasteiger partial charge in [0.25, 0.3) is 0 Å². The Bertz CT molecular complexity index is 572. The Hall–Kier alpha value is -2.36. The van der Waals surface area contributed by atoms with Crippen molar-refractivity contribution in [2.75, 3.05) is 18.5 Å². The van der Waals surface area contributed by atoms with Crippen LogP contribution in [-0.2, 0) is 6.42 Å². The van der Waals surface area contributed by atoms with E-state index < -0.39 is 0 Å². The number of benzene rings is 2. The Morgan fingerprint density at radius 2 is 1.75 bits per heavy atom. The van der Waals surface area contributed by atoms with Crippen molar-refractivity contribution in [3.05, 3.63) is 66.0 Å². The molecule has 0 unspecified atom stereocenters. The van der Waals surface area contributed by atoms with Crippen molar-refractivity contribution in [3.8, 4) is 0 Å². The summed E-state index contributed by atoms with van der Waals surface area (Å²) in [5, 5.41) is 2.78. The number of hydrogen-bond acceptors (Lipinski definition) is 1. The lowest BCUT2D eigenvalue weighted by molar-refractivity contribution is 0.247. The summed E-state index contributed by atoms with van der Waals surface area (Å²) >= 11 is 0. The average Bonchev–Trinajstić information content (AvgIpc) is 2.49. The summed E-state index contributed by atoms with van der Waals surface area (Å²) in [6, 6.07) is 15.7. The topological polar surface area (TPSA) is 32.3 Å². The molecule has 0 aliphatic rings. The number of anilines is 1. The first-order valence-electron chi connectivity index (χ1n) is 6.48. The Morgan fingerprint density at radius 3 is 2.45 bits per heavy atom. The first-order chi connectivity index (χ1) is 9.68. The van der Waals surface area contributed by atoms with Gasteiger partial charge in [-0.2, -0.15) is 0 Å². The zero-order valence-electron chi connectivity index (χ0n) is 11.3. The smallest absolute Gasteiger partial charge is 0.321 e. The van der Waals surface area contributed by atoms with Crippen LogP contribution in [0, 0.1) is 5.82 Å². The van der Waals surface area contributed by atoms with Crippen molar-refractivity contribution < 1.29 is 9.18 Å². The average molecular weight is 272 g/mol. The van der Waals surface area contributed by atoms with E-state index in [1.54, 1.807) is 25.2 Å². The highest BCUT2D eigenvalue weighted by Gasteiger charge is 2.09. The summed E-state index contributed by atoms with van der Waals surface area (Å²) < 4.78 is 13.4. The molecule has 0 fully saturated rings. The Balaban J connectivity index is 1.85. The molecule has 104 valence electrons. The maximum absolute atomic E-state index is 13.4. The molecular weight excluding hydrogens is 255 g/mol. The largest absolute Gasteiger partial charge is 0.337 e. The van der Waals surface area contributed by atoms with Crippen LogP contribution in [0.25, 0.3) is 0 Å². The number of nitrogens with one attached hydrogen (secondary N) is 1. The third-order valence-electron chi connectivity index (χ3n) is 3.08. The second-order valence-corrected chi connectivity index (χ2v) is 4.47. The van der Waals surface area contributed by atoms with Crippen LogP contribution in [0.1, 0.15) is 5.56 Å². The quantitative estimate of drug-likeness (QED) is 0.910. The number of urea groups is 1. The standard InChI is InChI=1S/C16H17FN2O/c1-19(14-8-3-2-4-9-14)16(20)18-12-11-13-7-5-6-10-15(13)17/h2-10H,11-12H2,1H3,(H,18,20). The maximum Gasteiger partial charge on any atom is 0.321 e. The minimum absolute atomic E-state index is 0.201. The highest BCUT2D eigenvalue weighted by atomic mass is 19.1. The van der Waals surface area contributed by atoms with Crippen molar-refractivity contribution in [2.45, 2.75) is 6.42 Å². The molecule has 0 saturated carbocycles. The summed E-state index contributed by atoms with van der Waals surface area (Å²) in [5.74, 6) is -0.238. The summed E-state index contributed by atoms with van der Waals surface area (Å²) in [7, 11) is 1.70. The van der Waals surface area contributed by atoms with Gasteiger partial charge in [0.05, 0.1) is 0 Å². The molecule has 2 amide bonds. The summed E-state index contributed by atoms with van der Waals surface area (Å²) in [5.41, 5.74) is 1.42. The van der Waals surface area contributed by atoms with E-state index in [4.69, 9.17) is 0 Å². The SMILES string of the molecule is CN(C(=O)NCCc1ccccc1F)c1ccccc1. The second-order valence-electron chi connectivity index (χ2n) is 4.47. The van der Waals surface area contributed by atoms with Gasteiger partial charge in [0, 0.05) is 19.3 Å². The van der Waals surface area contributed by atoms with E-state index in [0.717, 1.165) is 5.69 Å². The lowest BCUT2D eigenvalue weighted by Crippen LogP contribution is -2.38. The van der Waals surface area contributed by atoms with Gasteiger partial charge in [-0.25, -0.2) is 9.18 Å². The molecule has 0 bridgehead atoms. The third kappa shape index (κ3) is 3.57. The fraction of sp³-hybridized carbons (Fsp3) is 0.188. The Labute approximate surface area is 118 Å². The number of hydrogen-bond donors (Lipinski definition) is 1. The van der Waals surface area contributed by atoms with Crippen LogP contribution in [0.2, 0.25) is 0 Å². The first-order valence-corrected chi connectivity index (χ1v) is 6.48. The zero-order valence-corrected chi connectivity index (χ0v) is 11.3. The summed E-state index contributed by atoms with van der Waals surface area (Å²) in [4.78, 5) is 13.5. The first kappa shape index (κ1) is 14.1. The third-order valence-corrected chi connectivity index (χ3v) is 3.08. The van der Waals surface area contributed by atoms with Crippen molar-refractivity contribution in [1.82, 2.24) is 5.32 Å². The molecule has 1 N–H and O–H groups in total. The van der Waals surface area contributed by atoms with Gasteiger partial charge in [-0.1, -0.05) is 36.4 Å². The molecule has 0 aliphatic carbocycles. The lowest BCUT2D eigenvalue weighted by atomic mass is 10.1. The minimum atomic E-state index is -0.238. The van der Waals surface area contributed by atoms with Gasteiger partial charge in [-0.05, 0) is 30.2 Å². The van der Waals surface area contributed by atoms with Crippen LogP contribution < -0.4 is 10.2 Å². The van der Waals surface area contributed by atoms with Gasteiger partial charge < -0.3 is 5.32 Å².